The quantitative estimate of drug-likeness (QED) is 0.718. The molecular formula is C17H16FN3OS. The second-order valence-corrected chi connectivity index (χ2v) is 6.95. The topological polar surface area (TPSA) is 38.1 Å². The zero-order chi connectivity index (χ0) is 16.0. The Hall–Kier alpha value is -2.21. The highest BCUT2D eigenvalue weighted by Crippen LogP contribution is 2.35. The molecule has 0 unspecified atom stereocenters. The van der Waals surface area contributed by atoms with E-state index in [-0.39, 0.29) is 17.8 Å². The van der Waals surface area contributed by atoms with Crippen molar-refractivity contribution in [3.05, 3.63) is 52.9 Å². The van der Waals surface area contributed by atoms with Crippen molar-refractivity contribution in [2.75, 3.05) is 6.54 Å². The number of fused-ring (bicyclic) bond motifs is 1. The van der Waals surface area contributed by atoms with E-state index in [9.17, 15) is 9.18 Å². The maximum atomic E-state index is 13.9. The number of carbonyl (C=O) groups is 1. The van der Waals surface area contributed by atoms with Crippen molar-refractivity contribution in [3.63, 3.8) is 0 Å². The fourth-order valence-corrected chi connectivity index (χ4v) is 4.27. The van der Waals surface area contributed by atoms with Gasteiger partial charge in [0, 0.05) is 35.4 Å². The first-order valence-electron chi connectivity index (χ1n) is 7.61. The summed E-state index contributed by atoms with van der Waals surface area (Å²) in [5.74, 6) is -0.292. The van der Waals surface area contributed by atoms with Crippen LogP contribution in [-0.2, 0) is 7.05 Å². The van der Waals surface area contributed by atoms with E-state index in [1.807, 2.05) is 30.4 Å². The van der Waals surface area contributed by atoms with Gasteiger partial charge in [-0.2, -0.15) is 5.10 Å². The van der Waals surface area contributed by atoms with E-state index in [1.54, 1.807) is 16.8 Å². The third kappa shape index (κ3) is 2.43. The van der Waals surface area contributed by atoms with Crippen LogP contribution in [0.5, 0.6) is 0 Å². The van der Waals surface area contributed by atoms with Gasteiger partial charge in [0.25, 0.3) is 5.91 Å². The third-order valence-electron chi connectivity index (χ3n) is 4.34. The van der Waals surface area contributed by atoms with Crippen molar-refractivity contribution in [1.82, 2.24) is 14.7 Å². The van der Waals surface area contributed by atoms with Crippen molar-refractivity contribution in [2.24, 2.45) is 7.05 Å². The van der Waals surface area contributed by atoms with Gasteiger partial charge in [0.15, 0.2) is 0 Å². The molecule has 0 bridgehead atoms. The second-order valence-electron chi connectivity index (χ2n) is 5.87. The number of halogens is 1. The zero-order valence-electron chi connectivity index (χ0n) is 12.7. The molecule has 0 N–H and O–H groups in total. The lowest BCUT2D eigenvalue weighted by Crippen LogP contribution is -2.29. The first-order chi connectivity index (χ1) is 11.1. The lowest BCUT2D eigenvalue weighted by Gasteiger charge is -2.23. The molecule has 6 heteroatoms. The number of nitrogens with zero attached hydrogens (tertiary/aromatic N) is 3. The lowest BCUT2D eigenvalue weighted by atomic mass is 10.1. The summed E-state index contributed by atoms with van der Waals surface area (Å²) in [6.07, 6.45) is 5.70. The zero-order valence-corrected chi connectivity index (χ0v) is 13.5. The maximum Gasteiger partial charge on any atom is 0.264 e. The highest BCUT2D eigenvalue weighted by atomic mass is 32.1. The van der Waals surface area contributed by atoms with Crippen LogP contribution in [-0.4, -0.2) is 27.1 Å². The number of thiophene rings is 1. The molecule has 1 saturated heterocycles. The molecule has 1 aliphatic rings. The van der Waals surface area contributed by atoms with Gasteiger partial charge in [-0.05, 0) is 31.0 Å². The number of carbonyl (C=O) groups excluding carboxylic acids is 1. The van der Waals surface area contributed by atoms with Gasteiger partial charge in [-0.15, -0.1) is 11.3 Å². The van der Waals surface area contributed by atoms with Gasteiger partial charge in [0.2, 0.25) is 0 Å². The molecule has 4 nitrogen and oxygen atoms in total. The van der Waals surface area contributed by atoms with E-state index in [0.29, 0.717) is 10.3 Å². The van der Waals surface area contributed by atoms with Crippen molar-refractivity contribution in [1.29, 1.82) is 0 Å². The summed E-state index contributed by atoms with van der Waals surface area (Å²) in [5, 5.41) is 4.73. The van der Waals surface area contributed by atoms with Crippen molar-refractivity contribution >= 4 is 27.3 Å². The lowest BCUT2D eigenvalue weighted by molar-refractivity contribution is 0.0740. The summed E-state index contributed by atoms with van der Waals surface area (Å²) in [7, 11) is 1.87. The minimum Gasteiger partial charge on any atom is -0.331 e. The van der Waals surface area contributed by atoms with Crippen LogP contribution in [0.1, 0.15) is 34.1 Å². The van der Waals surface area contributed by atoms with Crippen LogP contribution in [0.3, 0.4) is 0 Å². The molecule has 2 aromatic heterocycles. The van der Waals surface area contributed by atoms with Crippen LogP contribution in [0.2, 0.25) is 0 Å². The highest BCUT2D eigenvalue weighted by Gasteiger charge is 2.32. The molecule has 0 radical (unpaired) electrons. The molecule has 0 saturated carbocycles. The molecule has 1 amide bonds. The average Bonchev–Trinajstić information content (AvgIpc) is 3.24. The number of rotatable bonds is 2. The predicted octanol–water partition coefficient (Wildman–Crippen LogP) is 3.75. The number of benzene rings is 1. The highest BCUT2D eigenvalue weighted by molar-refractivity contribution is 7.20. The van der Waals surface area contributed by atoms with Crippen molar-refractivity contribution in [3.8, 4) is 0 Å². The second kappa shape index (κ2) is 5.45. The molecule has 1 fully saturated rings. The number of likely N-dealkylation sites (tertiary alicyclic amines) is 1. The molecule has 1 aromatic carbocycles. The molecular weight excluding hydrogens is 313 g/mol. The van der Waals surface area contributed by atoms with Crippen LogP contribution in [0, 0.1) is 5.82 Å². The molecule has 23 heavy (non-hydrogen) atoms. The first kappa shape index (κ1) is 14.4. The summed E-state index contributed by atoms with van der Waals surface area (Å²) < 4.78 is 16.4. The Morgan fingerprint density at radius 1 is 1.43 bits per heavy atom. The van der Waals surface area contributed by atoms with Crippen molar-refractivity contribution in [2.45, 2.75) is 18.9 Å². The molecule has 118 valence electrons. The minimum atomic E-state index is -0.275. The molecule has 3 aromatic rings. The molecule has 0 aliphatic carbocycles. The van der Waals surface area contributed by atoms with E-state index < -0.39 is 0 Å². The standard InChI is InChI=1S/C17H16FN3OS/c1-20-10-11(9-19-20)14-5-3-7-21(14)17(22)16-8-12-13(18)4-2-6-15(12)23-16/h2,4,6,8-10,14H,3,5,7H2,1H3/t14-/m0/s1. The molecule has 3 heterocycles. The Kier molecular flexibility index (Phi) is 3.41. The van der Waals surface area contributed by atoms with E-state index >= 15 is 0 Å². The van der Waals surface area contributed by atoms with E-state index in [2.05, 4.69) is 5.10 Å². The third-order valence-corrected chi connectivity index (χ3v) is 5.43. The van der Waals surface area contributed by atoms with Gasteiger partial charge in [-0.3, -0.25) is 9.48 Å². The van der Waals surface area contributed by atoms with E-state index in [1.165, 1.54) is 17.4 Å². The molecule has 0 spiro atoms. The van der Waals surface area contributed by atoms with Crippen LogP contribution in [0.15, 0.2) is 36.7 Å². The summed E-state index contributed by atoms with van der Waals surface area (Å²) in [5.41, 5.74) is 1.06. The van der Waals surface area contributed by atoms with Gasteiger partial charge in [-0.1, -0.05) is 6.07 Å². The van der Waals surface area contributed by atoms with Gasteiger partial charge in [0.1, 0.15) is 5.82 Å². The monoisotopic (exact) mass is 329 g/mol. The Morgan fingerprint density at radius 3 is 3.04 bits per heavy atom. The summed E-state index contributed by atoms with van der Waals surface area (Å²) >= 11 is 1.36. The Balaban J connectivity index is 1.68. The molecule has 4 rings (SSSR count). The number of hydrogen-bond donors (Lipinski definition) is 0. The predicted molar refractivity (Wildman–Crippen MR) is 88.0 cm³/mol. The van der Waals surface area contributed by atoms with Crippen LogP contribution in [0.4, 0.5) is 4.39 Å². The fourth-order valence-electron chi connectivity index (χ4n) is 3.24. The van der Waals surface area contributed by atoms with Crippen LogP contribution < -0.4 is 0 Å². The van der Waals surface area contributed by atoms with Crippen LogP contribution >= 0.6 is 11.3 Å². The van der Waals surface area contributed by atoms with E-state index in [4.69, 9.17) is 0 Å². The summed E-state index contributed by atoms with van der Waals surface area (Å²) in [4.78, 5) is 15.4. The van der Waals surface area contributed by atoms with Crippen molar-refractivity contribution < 1.29 is 9.18 Å². The number of aryl methyl sites for hydroxylation is 1. The number of aromatic nitrogens is 2. The Morgan fingerprint density at radius 2 is 2.30 bits per heavy atom. The van der Waals surface area contributed by atoms with Gasteiger partial charge >= 0.3 is 0 Å². The maximum absolute atomic E-state index is 13.9. The summed E-state index contributed by atoms with van der Waals surface area (Å²) in [6.45, 7) is 0.731. The summed E-state index contributed by atoms with van der Waals surface area (Å²) in [6, 6.07) is 6.69. The number of hydrogen-bond acceptors (Lipinski definition) is 3. The van der Waals surface area contributed by atoms with Crippen LogP contribution in [0.25, 0.3) is 10.1 Å². The smallest absolute Gasteiger partial charge is 0.264 e. The normalized spacial score (nSPS) is 18.0. The Bertz CT molecular complexity index is 885. The first-order valence-corrected chi connectivity index (χ1v) is 8.43. The molecule has 1 atom stereocenters. The van der Waals surface area contributed by atoms with Gasteiger partial charge in [0.05, 0.1) is 17.1 Å². The fraction of sp³-hybridized carbons (Fsp3) is 0.294. The SMILES string of the molecule is Cn1cc([C@@H]2CCCN2C(=O)c2cc3c(F)cccc3s2)cn1. The minimum absolute atomic E-state index is 0.0167. The van der Waals surface area contributed by atoms with E-state index in [0.717, 1.165) is 29.6 Å². The molecule has 1 aliphatic heterocycles. The number of amides is 1. The average molecular weight is 329 g/mol. The Labute approximate surface area is 137 Å². The van der Waals surface area contributed by atoms with Gasteiger partial charge in [-0.25, -0.2) is 4.39 Å². The largest absolute Gasteiger partial charge is 0.331 e. The van der Waals surface area contributed by atoms with Gasteiger partial charge < -0.3 is 4.90 Å².